The van der Waals surface area contributed by atoms with Gasteiger partial charge < -0.3 is 0 Å². The summed E-state index contributed by atoms with van der Waals surface area (Å²) >= 11 is 0. The zero-order chi connectivity index (χ0) is 16.7. The van der Waals surface area contributed by atoms with E-state index in [2.05, 4.69) is 99.6 Å². The van der Waals surface area contributed by atoms with Crippen LogP contribution >= 0.6 is 0 Å². The third kappa shape index (κ3) is 2.39. The van der Waals surface area contributed by atoms with E-state index in [1.807, 2.05) is 0 Å². The number of rotatable bonds is 2. The molecular formula is C24H22. The molecule has 118 valence electrons. The summed E-state index contributed by atoms with van der Waals surface area (Å²) in [6.07, 6.45) is 2.38. The van der Waals surface area contributed by atoms with Crippen molar-refractivity contribution in [2.24, 2.45) is 0 Å². The summed E-state index contributed by atoms with van der Waals surface area (Å²) in [6, 6.07) is 26.3. The van der Waals surface area contributed by atoms with Crippen LogP contribution < -0.4 is 0 Å². The first-order valence-corrected chi connectivity index (χ1v) is 8.55. The largest absolute Gasteiger partial charge is 0.0709 e. The zero-order valence-electron chi connectivity index (χ0n) is 14.5. The molecule has 0 unspecified atom stereocenters. The quantitative estimate of drug-likeness (QED) is 0.493. The number of hydrogen-bond acceptors (Lipinski definition) is 0. The molecule has 0 bridgehead atoms. The highest BCUT2D eigenvalue weighted by Crippen LogP contribution is 2.42. The average molecular weight is 310 g/mol. The molecule has 0 radical (unpaired) electrons. The maximum Gasteiger partial charge on any atom is 0.00874 e. The van der Waals surface area contributed by atoms with Crippen molar-refractivity contribution in [3.05, 3.63) is 90.0 Å². The third-order valence-electron chi connectivity index (χ3n) is 5.04. The van der Waals surface area contributed by atoms with Crippen molar-refractivity contribution in [2.75, 3.05) is 0 Å². The van der Waals surface area contributed by atoms with Crippen LogP contribution in [0.15, 0.2) is 78.9 Å². The molecule has 3 aromatic carbocycles. The maximum absolute atomic E-state index is 2.38. The van der Waals surface area contributed by atoms with E-state index in [-0.39, 0.29) is 5.41 Å². The van der Waals surface area contributed by atoms with Gasteiger partial charge in [-0.3, -0.25) is 0 Å². The summed E-state index contributed by atoms with van der Waals surface area (Å²) in [5.41, 5.74) is 9.47. The van der Waals surface area contributed by atoms with Crippen LogP contribution in [0.4, 0.5) is 0 Å². The molecule has 0 aromatic heterocycles. The minimum atomic E-state index is 0.108. The molecule has 24 heavy (non-hydrogen) atoms. The summed E-state index contributed by atoms with van der Waals surface area (Å²) in [4.78, 5) is 0. The van der Waals surface area contributed by atoms with E-state index in [0.29, 0.717) is 0 Å². The summed E-state index contributed by atoms with van der Waals surface area (Å²) in [7, 11) is 0. The molecule has 4 rings (SSSR count). The fourth-order valence-corrected chi connectivity index (χ4v) is 3.89. The summed E-state index contributed by atoms with van der Waals surface area (Å²) < 4.78 is 0. The van der Waals surface area contributed by atoms with Gasteiger partial charge in [0, 0.05) is 5.41 Å². The minimum absolute atomic E-state index is 0.108. The van der Waals surface area contributed by atoms with Gasteiger partial charge in [-0.1, -0.05) is 86.7 Å². The fraction of sp³-hybridized carbons (Fsp3) is 0.167. The Labute approximate surface area is 144 Å². The van der Waals surface area contributed by atoms with Crippen LogP contribution in [-0.4, -0.2) is 0 Å². The van der Waals surface area contributed by atoms with Gasteiger partial charge in [-0.2, -0.15) is 0 Å². The third-order valence-corrected chi connectivity index (χ3v) is 5.04. The van der Waals surface area contributed by atoms with Gasteiger partial charge in [-0.05, 0) is 51.9 Å². The lowest BCUT2D eigenvalue weighted by atomic mass is 9.84. The van der Waals surface area contributed by atoms with Gasteiger partial charge in [0.15, 0.2) is 0 Å². The molecule has 0 heterocycles. The van der Waals surface area contributed by atoms with E-state index in [1.54, 1.807) is 0 Å². The molecule has 0 heteroatoms. The Balaban J connectivity index is 1.88. The molecule has 0 saturated carbocycles. The monoisotopic (exact) mass is 310 g/mol. The molecule has 1 aliphatic rings. The van der Waals surface area contributed by atoms with Gasteiger partial charge in [-0.15, -0.1) is 0 Å². The normalized spacial score (nSPS) is 15.0. The molecular weight excluding hydrogens is 288 g/mol. The first-order chi connectivity index (χ1) is 11.6. The average Bonchev–Trinajstić information content (AvgIpc) is 2.84. The molecule has 0 saturated heterocycles. The maximum atomic E-state index is 2.38. The summed E-state index contributed by atoms with van der Waals surface area (Å²) in [5.74, 6) is 0. The Bertz CT molecular complexity index is 927. The minimum Gasteiger partial charge on any atom is -0.0709 e. The van der Waals surface area contributed by atoms with E-state index in [4.69, 9.17) is 0 Å². The van der Waals surface area contributed by atoms with Crippen molar-refractivity contribution in [1.82, 2.24) is 0 Å². The summed E-state index contributed by atoms with van der Waals surface area (Å²) in [6.45, 7) is 6.82. The lowest BCUT2D eigenvalue weighted by Crippen LogP contribution is -2.10. The SMILES string of the molecule is CC1=CC(C)(C)c2cc(-c3ccccc3-c3ccccc3)ccc21. The second-order valence-corrected chi connectivity index (χ2v) is 7.22. The number of allylic oxidation sites excluding steroid dienone is 2. The molecule has 0 nitrogen and oxygen atoms in total. The van der Waals surface area contributed by atoms with Crippen molar-refractivity contribution in [1.29, 1.82) is 0 Å². The van der Waals surface area contributed by atoms with Gasteiger partial charge >= 0.3 is 0 Å². The number of benzene rings is 3. The van der Waals surface area contributed by atoms with Crippen LogP contribution in [0.25, 0.3) is 27.8 Å². The van der Waals surface area contributed by atoms with E-state index >= 15 is 0 Å². The first kappa shape index (κ1) is 15.0. The van der Waals surface area contributed by atoms with Crippen LogP contribution in [0.3, 0.4) is 0 Å². The molecule has 0 aliphatic heterocycles. The predicted molar refractivity (Wildman–Crippen MR) is 104 cm³/mol. The van der Waals surface area contributed by atoms with E-state index in [1.165, 1.54) is 39.0 Å². The Kier molecular flexibility index (Phi) is 3.42. The zero-order valence-corrected chi connectivity index (χ0v) is 14.5. The topological polar surface area (TPSA) is 0 Å². The van der Waals surface area contributed by atoms with Gasteiger partial charge in [0.2, 0.25) is 0 Å². The first-order valence-electron chi connectivity index (χ1n) is 8.55. The van der Waals surface area contributed by atoms with E-state index in [9.17, 15) is 0 Å². The van der Waals surface area contributed by atoms with Crippen molar-refractivity contribution in [3.8, 4) is 22.3 Å². The van der Waals surface area contributed by atoms with Crippen molar-refractivity contribution in [2.45, 2.75) is 26.2 Å². The highest BCUT2D eigenvalue weighted by Gasteiger charge is 2.28. The molecule has 0 atom stereocenters. The van der Waals surface area contributed by atoms with Crippen LogP contribution in [0, 0.1) is 0 Å². The number of fused-ring (bicyclic) bond motifs is 1. The Hall–Kier alpha value is -2.60. The smallest absolute Gasteiger partial charge is 0.00874 e. The highest BCUT2D eigenvalue weighted by molar-refractivity contribution is 5.86. The van der Waals surface area contributed by atoms with Crippen LogP contribution in [-0.2, 0) is 5.41 Å². The Morgan fingerprint density at radius 2 is 1.25 bits per heavy atom. The molecule has 1 aliphatic carbocycles. The Morgan fingerprint density at radius 1 is 0.625 bits per heavy atom. The lowest BCUT2D eigenvalue weighted by molar-refractivity contribution is 0.683. The predicted octanol–water partition coefficient (Wildman–Crippen LogP) is 6.72. The standard InChI is InChI=1S/C24H22/c1-17-16-24(2,3)23-15-19(13-14-20(17)23)22-12-8-7-11-21(22)18-9-5-4-6-10-18/h4-16H,1-3H3. The highest BCUT2D eigenvalue weighted by atomic mass is 14.3. The lowest BCUT2D eigenvalue weighted by Gasteiger charge is -2.19. The van der Waals surface area contributed by atoms with Gasteiger partial charge in [0.1, 0.15) is 0 Å². The molecule has 0 N–H and O–H groups in total. The van der Waals surface area contributed by atoms with Gasteiger partial charge in [0.25, 0.3) is 0 Å². The van der Waals surface area contributed by atoms with Crippen molar-refractivity contribution in [3.63, 3.8) is 0 Å². The fourth-order valence-electron chi connectivity index (χ4n) is 3.89. The van der Waals surface area contributed by atoms with Crippen molar-refractivity contribution < 1.29 is 0 Å². The van der Waals surface area contributed by atoms with Crippen LogP contribution in [0.1, 0.15) is 31.9 Å². The van der Waals surface area contributed by atoms with Crippen LogP contribution in [0.2, 0.25) is 0 Å². The van der Waals surface area contributed by atoms with Gasteiger partial charge in [0.05, 0.1) is 0 Å². The molecule has 0 amide bonds. The van der Waals surface area contributed by atoms with Crippen LogP contribution in [0.5, 0.6) is 0 Å². The molecule has 0 spiro atoms. The number of hydrogen-bond donors (Lipinski definition) is 0. The molecule has 0 fully saturated rings. The second kappa shape index (κ2) is 5.49. The Morgan fingerprint density at radius 3 is 1.96 bits per heavy atom. The second-order valence-electron chi connectivity index (χ2n) is 7.22. The van der Waals surface area contributed by atoms with E-state index in [0.717, 1.165) is 0 Å². The summed E-state index contributed by atoms with van der Waals surface area (Å²) in [5, 5.41) is 0. The van der Waals surface area contributed by atoms with Crippen molar-refractivity contribution >= 4 is 5.57 Å². The van der Waals surface area contributed by atoms with Gasteiger partial charge in [-0.25, -0.2) is 0 Å². The molecule has 3 aromatic rings. The van der Waals surface area contributed by atoms with E-state index < -0.39 is 0 Å².